The predicted molar refractivity (Wildman–Crippen MR) is 87.6 cm³/mol. The topological polar surface area (TPSA) is 59.4 Å². The van der Waals surface area contributed by atoms with Gasteiger partial charge in [0.25, 0.3) is 5.91 Å². The number of nitriles is 1. The second-order valence-corrected chi connectivity index (χ2v) is 5.81. The van der Waals surface area contributed by atoms with Crippen molar-refractivity contribution >= 4 is 23.2 Å². The van der Waals surface area contributed by atoms with E-state index in [1.165, 1.54) is 6.20 Å². The van der Waals surface area contributed by atoms with Crippen LogP contribution in [0.5, 0.6) is 0 Å². The lowest BCUT2D eigenvalue weighted by Gasteiger charge is -2.32. The number of halogens is 1. The van der Waals surface area contributed by atoms with Gasteiger partial charge in [-0.2, -0.15) is 5.26 Å². The average Bonchev–Trinajstić information content (AvgIpc) is 2.50. The summed E-state index contributed by atoms with van der Waals surface area (Å²) in [5.74, 6) is -0.227. The molecule has 1 aliphatic rings. The third-order valence-electron chi connectivity index (χ3n) is 3.70. The fourth-order valence-corrected chi connectivity index (χ4v) is 2.49. The highest BCUT2D eigenvalue weighted by atomic mass is 35.5. The smallest absolute Gasteiger partial charge is 0.266 e. The summed E-state index contributed by atoms with van der Waals surface area (Å²) in [6, 6.07) is 7.39. The molecule has 0 unspecified atom stereocenters. The van der Waals surface area contributed by atoms with Crippen molar-refractivity contribution in [2.75, 3.05) is 38.5 Å². The van der Waals surface area contributed by atoms with E-state index in [0.717, 1.165) is 24.3 Å². The first kappa shape index (κ1) is 16.3. The molecular formula is C16H19ClN4O. The second kappa shape index (κ2) is 7.30. The van der Waals surface area contributed by atoms with Crippen molar-refractivity contribution in [1.29, 1.82) is 5.26 Å². The van der Waals surface area contributed by atoms with Crippen molar-refractivity contribution in [1.82, 2.24) is 9.80 Å². The first-order valence-electron chi connectivity index (χ1n) is 7.12. The number of nitrogens with zero attached hydrogens (tertiary/aromatic N) is 3. The van der Waals surface area contributed by atoms with E-state index in [4.69, 9.17) is 11.6 Å². The maximum atomic E-state index is 12.4. The first-order chi connectivity index (χ1) is 10.5. The number of amides is 1. The van der Waals surface area contributed by atoms with Gasteiger partial charge in [0.2, 0.25) is 0 Å². The Kier molecular flexibility index (Phi) is 5.42. The molecule has 6 heteroatoms. The van der Waals surface area contributed by atoms with Crippen LogP contribution < -0.4 is 5.32 Å². The summed E-state index contributed by atoms with van der Waals surface area (Å²) >= 11 is 5.91. The van der Waals surface area contributed by atoms with E-state index in [0.29, 0.717) is 18.1 Å². The van der Waals surface area contributed by atoms with Crippen molar-refractivity contribution in [3.05, 3.63) is 40.6 Å². The largest absolute Gasteiger partial charge is 0.360 e. The van der Waals surface area contributed by atoms with Gasteiger partial charge in [-0.25, -0.2) is 0 Å². The highest BCUT2D eigenvalue weighted by molar-refractivity contribution is 6.30. The van der Waals surface area contributed by atoms with Crippen LogP contribution >= 0.6 is 11.6 Å². The molecule has 0 saturated carbocycles. The van der Waals surface area contributed by atoms with Gasteiger partial charge in [-0.1, -0.05) is 11.6 Å². The van der Waals surface area contributed by atoms with Crippen molar-refractivity contribution in [2.24, 2.45) is 0 Å². The lowest BCUT2D eigenvalue weighted by molar-refractivity contribution is -0.128. The minimum absolute atomic E-state index is 0.110. The normalized spacial score (nSPS) is 16.3. The lowest BCUT2D eigenvalue weighted by atomic mass is 10.2. The summed E-state index contributed by atoms with van der Waals surface area (Å²) in [6.07, 6.45) is 1.47. The quantitative estimate of drug-likeness (QED) is 0.686. The van der Waals surface area contributed by atoms with Crippen molar-refractivity contribution in [2.45, 2.75) is 6.92 Å². The molecule has 0 radical (unpaired) electrons. The van der Waals surface area contributed by atoms with Gasteiger partial charge in [0.15, 0.2) is 0 Å². The van der Waals surface area contributed by atoms with Crippen LogP contribution in [0, 0.1) is 18.3 Å². The van der Waals surface area contributed by atoms with Crippen LogP contribution in [-0.2, 0) is 4.79 Å². The van der Waals surface area contributed by atoms with Gasteiger partial charge in [-0.05, 0) is 37.7 Å². The van der Waals surface area contributed by atoms with Gasteiger partial charge in [0, 0.05) is 43.1 Å². The van der Waals surface area contributed by atoms with Gasteiger partial charge in [-0.15, -0.1) is 0 Å². The minimum Gasteiger partial charge on any atom is -0.360 e. The van der Waals surface area contributed by atoms with Crippen LogP contribution in [0.4, 0.5) is 5.69 Å². The van der Waals surface area contributed by atoms with E-state index < -0.39 is 0 Å². The molecular weight excluding hydrogens is 300 g/mol. The molecule has 1 N–H and O–H groups in total. The van der Waals surface area contributed by atoms with E-state index in [1.807, 2.05) is 32.2 Å². The third-order valence-corrected chi connectivity index (χ3v) is 3.94. The zero-order chi connectivity index (χ0) is 16.1. The van der Waals surface area contributed by atoms with E-state index in [2.05, 4.69) is 10.2 Å². The lowest BCUT2D eigenvalue weighted by Crippen LogP contribution is -2.47. The van der Waals surface area contributed by atoms with Crippen molar-refractivity contribution in [3.63, 3.8) is 0 Å². The number of piperazine rings is 1. The van der Waals surface area contributed by atoms with E-state index in [1.54, 1.807) is 11.0 Å². The SMILES string of the molecule is Cc1cc(Cl)ccc1N/C=C(/C#N)C(=O)N1CCN(C)CC1. The molecule has 116 valence electrons. The molecule has 0 aromatic heterocycles. The van der Waals surface area contributed by atoms with Gasteiger partial charge in [0.1, 0.15) is 11.6 Å². The minimum atomic E-state index is -0.227. The molecule has 1 fully saturated rings. The molecule has 5 nitrogen and oxygen atoms in total. The van der Waals surface area contributed by atoms with Gasteiger partial charge in [-0.3, -0.25) is 4.79 Å². The Morgan fingerprint density at radius 2 is 2.05 bits per heavy atom. The van der Waals surface area contributed by atoms with Crippen LogP contribution in [0.15, 0.2) is 30.0 Å². The van der Waals surface area contributed by atoms with Crippen molar-refractivity contribution < 1.29 is 4.79 Å². The summed E-state index contributed by atoms with van der Waals surface area (Å²) in [4.78, 5) is 16.2. The molecule has 1 heterocycles. The van der Waals surface area contributed by atoms with E-state index >= 15 is 0 Å². The number of carbonyl (C=O) groups is 1. The molecule has 1 aliphatic heterocycles. The maximum Gasteiger partial charge on any atom is 0.266 e. The van der Waals surface area contributed by atoms with E-state index in [9.17, 15) is 10.1 Å². The summed E-state index contributed by atoms with van der Waals surface area (Å²) in [5, 5.41) is 12.9. The highest BCUT2D eigenvalue weighted by Gasteiger charge is 2.22. The molecule has 0 bridgehead atoms. The summed E-state index contributed by atoms with van der Waals surface area (Å²) in [6.45, 7) is 4.86. The Labute approximate surface area is 135 Å². The number of nitrogens with one attached hydrogen (secondary N) is 1. The molecule has 0 spiro atoms. The van der Waals surface area contributed by atoms with Crippen LogP contribution in [0.3, 0.4) is 0 Å². The Bertz CT molecular complexity index is 628. The Hall–Kier alpha value is -2.03. The molecule has 1 saturated heterocycles. The Morgan fingerprint density at radius 3 is 2.64 bits per heavy atom. The fourth-order valence-electron chi connectivity index (χ4n) is 2.26. The second-order valence-electron chi connectivity index (χ2n) is 5.37. The number of rotatable bonds is 3. The standard InChI is InChI=1S/C16H19ClN4O/c1-12-9-14(17)3-4-15(12)19-11-13(10-18)16(22)21-7-5-20(2)6-8-21/h3-4,9,11,19H,5-8H2,1-2H3/b13-11-. The molecule has 1 aromatic rings. The number of benzene rings is 1. The van der Waals surface area contributed by atoms with Crippen LogP contribution in [0.25, 0.3) is 0 Å². The maximum absolute atomic E-state index is 12.4. The average molecular weight is 319 g/mol. The summed E-state index contributed by atoms with van der Waals surface area (Å²) in [7, 11) is 2.02. The van der Waals surface area contributed by atoms with Crippen LogP contribution in [0.2, 0.25) is 5.02 Å². The zero-order valence-corrected chi connectivity index (χ0v) is 13.5. The summed E-state index contributed by atoms with van der Waals surface area (Å²) < 4.78 is 0. The molecule has 1 aromatic carbocycles. The van der Waals surface area contributed by atoms with Gasteiger partial charge >= 0.3 is 0 Å². The van der Waals surface area contributed by atoms with Crippen LogP contribution in [0.1, 0.15) is 5.56 Å². The number of hydrogen-bond donors (Lipinski definition) is 1. The number of hydrogen-bond acceptors (Lipinski definition) is 4. The highest BCUT2D eigenvalue weighted by Crippen LogP contribution is 2.20. The Morgan fingerprint density at radius 1 is 1.36 bits per heavy atom. The third kappa shape index (κ3) is 4.00. The molecule has 2 rings (SSSR count). The van der Waals surface area contributed by atoms with E-state index in [-0.39, 0.29) is 11.5 Å². The monoisotopic (exact) mass is 318 g/mol. The fraction of sp³-hybridized carbons (Fsp3) is 0.375. The molecule has 1 amide bonds. The van der Waals surface area contributed by atoms with Crippen molar-refractivity contribution in [3.8, 4) is 6.07 Å². The molecule has 22 heavy (non-hydrogen) atoms. The predicted octanol–water partition coefficient (Wildman–Crippen LogP) is 2.24. The van der Waals surface area contributed by atoms with Gasteiger partial charge in [0.05, 0.1) is 0 Å². The Balaban J connectivity index is 2.07. The van der Waals surface area contributed by atoms with Gasteiger partial charge < -0.3 is 15.1 Å². The zero-order valence-electron chi connectivity index (χ0n) is 12.8. The number of likely N-dealkylation sites (N-methyl/N-ethyl adjacent to an activating group) is 1. The summed E-state index contributed by atoms with van der Waals surface area (Å²) in [5.41, 5.74) is 1.88. The number of carbonyl (C=O) groups excluding carboxylic acids is 1. The number of aryl methyl sites for hydroxylation is 1. The molecule has 0 atom stereocenters. The molecule has 0 aliphatic carbocycles. The van der Waals surface area contributed by atoms with Crippen LogP contribution in [-0.4, -0.2) is 48.9 Å². The number of anilines is 1. The first-order valence-corrected chi connectivity index (χ1v) is 7.50.